The van der Waals surface area contributed by atoms with Gasteiger partial charge in [0.15, 0.2) is 11.6 Å². The monoisotopic (exact) mass is 295 g/mol. The van der Waals surface area contributed by atoms with Crippen molar-refractivity contribution in [2.24, 2.45) is 5.84 Å². The molecule has 0 fully saturated rings. The molecule has 3 N–H and O–H groups in total. The second kappa shape index (κ2) is 6.65. The van der Waals surface area contributed by atoms with Crippen LogP contribution in [0.15, 0.2) is 36.5 Å². The maximum absolute atomic E-state index is 14.1. The SMILES string of the molecule is COc1cccc(CC(NN)c2ncccc2Cl)c1F. The molecule has 1 aromatic carbocycles. The molecule has 106 valence electrons. The van der Waals surface area contributed by atoms with Gasteiger partial charge in [0.25, 0.3) is 0 Å². The molecule has 6 heteroatoms. The second-order valence-electron chi connectivity index (χ2n) is 4.23. The Hall–Kier alpha value is -1.69. The van der Waals surface area contributed by atoms with Crippen LogP contribution in [0.1, 0.15) is 17.3 Å². The van der Waals surface area contributed by atoms with Crippen LogP contribution in [0.5, 0.6) is 5.75 Å². The number of hydrogen-bond acceptors (Lipinski definition) is 4. The van der Waals surface area contributed by atoms with E-state index in [4.69, 9.17) is 22.2 Å². The van der Waals surface area contributed by atoms with Crippen molar-refractivity contribution in [1.29, 1.82) is 0 Å². The number of benzene rings is 1. The number of rotatable bonds is 5. The fourth-order valence-electron chi connectivity index (χ4n) is 1.98. The number of hydrazine groups is 1. The topological polar surface area (TPSA) is 60.2 Å². The van der Waals surface area contributed by atoms with E-state index in [9.17, 15) is 4.39 Å². The van der Waals surface area contributed by atoms with Crippen molar-refractivity contribution in [3.05, 3.63) is 58.6 Å². The maximum atomic E-state index is 14.1. The Bertz CT molecular complexity index is 594. The molecule has 1 atom stereocenters. The summed E-state index contributed by atoms with van der Waals surface area (Å²) in [5.74, 6) is 5.34. The smallest absolute Gasteiger partial charge is 0.168 e. The van der Waals surface area contributed by atoms with Crippen molar-refractivity contribution >= 4 is 11.6 Å². The van der Waals surface area contributed by atoms with Gasteiger partial charge in [-0.3, -0.25) is 16.3 Å². The van der Waals surface area contributed by atoms with Gasteiger partial charge >= 0.3 is 0 Å². The molecular formula is C14H15ClFN3O. The quantitative estimate of drug-likeness (QED) is 0.657. The number of pyridine rings is 1. The van der Waals surface area contributed by atoms with E-state index in [0.717, 1.165) is 0 Å². The minimum atomic E-state index is -0.401. The highest BCUT2D eigenvalue weighted by atomic mass is 35.5. The number of nitrogens with zero attached hydrogens (tertiary/aromatic N) is 1. The van der Waals surface area contributed by atoms with E-state index < -0.39 is 5.82 Å². The van der Waals surface area contributed by atoms with E-state index in [0.29, 0.717) is 22.7 Å². The molecule has 0 spiro atoms. The summed E-state index contributed by atoms with van der Waals surface area (Å²) in [5.41, 5.74) is 3.68. The first-order valence-electron chi connectivity index (χ1n) is 6.05. The molecule has 1 heterocycles. The normalized spacial score (nSPS) is 12.2. The van der Waals surface area contributed by atoms with Crippen LogP contribution < -0.4 is 16.0 Å². The highest BCUT2D eigenvalue weighted by molar-refractivity contribution is 6.31. The van der Waals surface area contributed by atoms with Crippen LogP contribution in [-0.4, -0.2) is 12.1 Å². The highest BCUT2D eigenvalue weighted by Gasteiger charge is 2.18. The van der Waals surface area contributed by atoms with Crippen molar-refractivity contribution in [3.8, 4) is 5.75 Å². The van der Waals surface area contributed by atoms with E-state index in [1.807, 2.05) is 0 Å². The Morgan fingerprint density at radius 1 is 1.40 bits per heavy atom. The van der Waals surface area contributed by atoms with Crippen LogP contribution in [0, 0.1) is 5.82 Å². The number of aromatic nitrogens is 1. The van der Waals surface area contributed by atoms with E-state index in [-0.39, 0.29) is 11.8 Å². The fraction of sp³-hybridized carbons (Fsp3) is 0.214. The number of halogens is 2. The van der Waals surface area contributed by atoms with Gasteiger partial charge in [-0.05, 0) is 30.2 Å². The first-order chi connectivity index (χ1) is 9.67. The Morgan fingerprint density at radius 3 is 2.85 bits per heavy atom. The molecular weight excluding hydrogens is 281 g/mol. The average Bonchev–Trinajstić information content (AvgIpc) is 2.47. The van der Waals surface area contributed by atoms with Gasteiger partial charge in [0.05, 0.1) is 23.9 Å². The summed E-state index contributed by atoms with van der Waals surface area (Å²) in [5, 5.41) is 0.485. The summed E-state index contributed by atoms with van der Waals surface area (Å²) < 4.78 is 19.1. The Balaban J connectivity index is 2.30. The molecule has 1 aromatic heterocycles. The van der Waals surface area contributed by atoms with Gasteiger partial charge in [-0.15, -0.1) is 0 Å². The average molecular weight is 296 g/mol. The summed E-state index contributed by atoms with van der Waals surface area (Å²) in [6, 6.07) is 8.04. The van der Waals surface area contributed by atoms with E-state index in [1.54, 1.807) is 36.5 Å². The molecule has 0 aliphatic heterocycles. The van der Waals surface area contributed by atoms with Crippen LogP contribution in [0.2, 0.25) is 5.02 Å². The van der Waals surface area contributed by atoms with Crippen LogP contribution in [-0.2, 0) is 6.42 Å². The minimum Gasteiger partial charge on any atom is -0.494 e. The van der Waals surface area contributed by atoms with Crippen molar-refractivity contribution in [2.75, 3.05) is 7.11 Å². The van der Waals surface area contributed by atoms with E-state index in [1.165, 1.54) is 7.11 Å². The first kappa shape index (κ1) is 14.7. The second-order valence-corrected chi connectivity index (χ2v) is 4.63. The van der Waals surface area contributed by atoms with Gasteiger partial charge < -0.3 is 4.74 Å². The molecule has 1 unspecified atom stereocenters. The third-order valence-electron chi connectivity index (χ3n) is 3.01. The van der Waals surface area contributed by atoms with E-state index in [2.05, 4.69) is 10.4 Å². The zero-order valence-corrected chi connectivity index (χ0v) is 11.7. The lowest BCUT2D eigenvalue weighted by Crippen LogP contribution is -2.30. The number of hydrogen-bond donors (Lipinski definition) is 2. The molecule has 0 aliphatic carbocycles. The molecule has 0 saturated heterocycles. The standard InChI is InChI=1S/C14H15ClFN3O/c1-20-12-6-2-4-9(13(12)16)8-11(19-17)14-10(15)5-3-7-18-14/h2-7,11,19H,8,17H2,1H3. The van der Waals surface area contributed by atoms with Gasteiger partial charge in [0, 0.05) is 6.20 Å². The Labute approximate surface area is 121 Å². The fourth-order valence-corrected chi connectivity index (χ4v) is 2.23. The highest BCUT2D eigenvalue weighted by Crippen LogP contribution is 2.26. The summed E-state index contributed by atoms with van der Waals surface area (Å²) >= 11 is 6.09. The van der Waals surface area contributed by atoms with Gasteiger partial charge in [-0.1, -0.05) is 23.7 Å². The molecule has 2 aromatic rings. The van der Waals surface area contributed by atoms with E-state index >= 15 is 0 Å². The predicted octanol–water partition coefficient (Wildman–Crippen LogP) is 2.63. The Morgan fingerprint density at radius 2 is 2.20 bits per heavy atom. The van der Waals surface area contributed by atoms with Crippen LogP contribution in [0.4, 0.5) is 4.39 Å². The third kappa shape index (κ3) is 3.07. The van der Waals surface area contributed by atoms with Crippen LogP contribution in [0.3, 0.4) is 0 Å². The van der Waals surface area contributed by atoms with Crippen LogP contribution >= 0.6 is 11.6 Å². The first-order valence-corrected chi connectivity index (χ1v) is 6.43. The van der Waals surface area contributed by atoms with Crippen molar-refractivity contribution in [2.45, 2.75) is 12.5 Å². The molecule has 2 rings (SSSR count). The Kier molecular flexibility index (Phi) is 4.89. The molecule has 20 heavy (non-hydrogen) atoms. The largest absolute Gasteiger partial charge is 0.494 e. The third-order valence-corrected chi connectivity index (χ3v) is 3.33. The summed E-state index contributed by atoms with van der Waals surface area (Å²) in [4.78, 5) is 4.19. The predicted molar refractivity (Wildman–Crippen MR) is 76.0 cm³/mol. The molecule has 0 aliphatic rings. The number of nitrogens with one attached hydrogen (secondary N) is 1. The molecule has 4 nitrogen and oxygen atoms in total. The zero-order valence-electron chi connectivity index (χ0n) is 10.9. The summed E-state index contributed by atoms with van der Waals surface area (Å²) in [6.45, 7) is 0. The summed E-state index contributed by atoms with van der Waals surface area (Å²) in [6.07, 6.45) is 1.93. The van der Waals surface area contributed by atoms with Gasteiger partial charge in [0.2, 0.25) is 0 Å². The minimum absolute atomic E-state index is 0.199. The van der Waals surface area contributed by atoms with Gasteiger partial charge in [0.1, 0.15) is 0 Å². The van der Waals surface area contributed by atoms with Gasteiger partial charge in [-0.2, -0.15) is 0 Å². The number of nitrogens with two attached hydrogens (primary N) is 1. The summed E-state index contributed by atoms with van der Waals surface area (Å²) in [7, 11) is 1.43. The van der Waals surface area contributed by atoms with Crippen molar-refractivity contribution < 1.29 is 9.13 Å². The van der Waals surface area contributed by atoms with Crippen LogP contribution in [0.25, 0.3) is 0 Å². The van der Waals surface area contributed by atoms with Gasteiger partial charge in [-0.25, -0.2) is 4.39 Å². The van der Waals surface area contributed by atoms with Crippen molar-refractivity contribution in [3.63, 3.8) is 0 Å². The molecule has 0 saturated carbocycles. The number of ether oxygens (including phenoxy) is 1. The maximum Gasteiger partial charge on any atom is 0.168 e. The zero-order chi connectivity index (χ0) is 14.5. The number of methoxy groups -OCH3 is 1. The molecule has 0 amide bonds. The lowest BCUT2D eigenvalue weighted by Gasteiger charge is -2.17. The molecule has 0 radical (unpaired) electrons. The lowest BCUT2D eigenvalue weighted by atomic mass is 10.0. The lowest BCUT2D eigenvalue weighted by molar-refractivity contribution is 0.382. The van der Waals surface area contributed by atoms with Crippen molar-refractivity contribution in [1.82, 2.24) is 10.4 Å². The molecule has 0 bridgehead atoms.